The van der Waals surface area contributed by atoms with Gasteiger partial charge in [0.1, 0.15) is 5.82 Å². The smallest absolute Gasteiger partial charge is 0.337 e. The van der Waals surface area contributed by atoms with E-state index in [1.165, 1.54) is 11.1 Å². The minimum Gasteiger partial charge on any atom is -0.479 e. The highest BCUT2D eigenvalue weighted by atomic mass is 16.5. The molecule has 1 N–H and O–H groups in total. The quantitative estimate of drug-likeness (QED) is 0.294. The summed E-state index contributed by atoms with van der Waals surface area (Å²) in [5, 5.41) is 10.6. The van der Waals surface area contributed by atoms with Gasteiger partial charge >= 0.3 is 5.97 Å². The summed E-state index contributed by atoms with van der Waals surface area (Å²) in [5.41, 5.74) is 7.45. The number of carboxylic acids is 1. The Morgan fingerprint density at radius 2 is 1.69 bits per heavy atom. The first kappa shape index (κ1) is 33.7. The zero-order chi connectivity index (χ0) is 34.7. The van der Waals surface area contributed by atoms with Gasteiger partial charge in [-0.3, -0.25) is 4.98 Å². The van der Waals surface area contributed by atoms with Gasteiger partial charge in [0.05, 0.1) is 36.6 Å². The van der Waals surface area contributed by atoms with Crippen molar-refractivity contribution in [3.05, 3.63) is 58.5 Å². The van der Waals surface area contributed by atoms with E-state index in [1.54, 1.807) is 0 Å². The van der Waals surface area contributed by atoms with Crippen molar-refractivity contribution in [3.8, 4) is 11.1 Å². The molecule has 0 spiro atoms. The number of rotatable bonds is 7. The summed E-state index contributed by atoms with van der Waals surface area (Å²) in [4.78, 5) is 34.8. The van der Waals surface area contributed by atoms with E-state index in [2.05, 4.69) is 53.7 Å². The number of hydrogen-bond acceptors (Lipinski definition) is 9. The van der Waals surface area contributed by atoms with E-state index in [1.807, 2.05) is 40.0 Å². The molecule has 10 heteroatoms. The zero-order valence-electron chi connectivity index (χ0n) is 30.3. The molecule has 2 unspecified atom stereocenters. The molecule has 3 fully saturated rings. The predicted molar refractivity (Wildman–Crippen MR) is 192 cm³/mol. The Kier molecular flexibility index (Phi) is 8.84. The number of aromatic nitrogens is 3. The van der Waals surface area contributed by atoms with Gasteiger partial charge in [-0.05, 0) is 94.9 Å². The van der Waals surface area contributed by atoms with Gasteiger partial charge in [-0.15, -0.1) is 0 Å². The number of ether oxygens (including phenoxy) is 2. The van der Waals surface area contributed by atoms with Gasteiger partial charge in [0, 0.05) is 54.9 Å². The Morgan fingerprint density at radius 3 is 2.37 bits per heavy atom. The average Bonchev–Trinajstić information content (AvgIpc) is 3.30. The molecule has 6 heterocycles. The molecular formula is C39H52N6O4. The summed E-state index contributed by atoms with van der Waals surface area (Å²) in [6, 6.07) is 9.55. The number of carboxylic acid groups (broad SMARTS) is 1. The molecule has 0 radical (unpaired) electrons. The standard InChI is InChI=1S/C39H52N6O4/c1-24-32(34(43-18-14-39(6,7)15-19-43)33(25(2)41-24)35(36(46)47)49-38(3,4)5)27-8-9-28-21-44(17-13-26(28)20-27)37-40-16-12-31(42-37)45-29-10-11-30(45)23-48-22-29/h8-9,12,16,20,29-30,35H,10-11,13-15,17-19,21-23H2,1-7H3,(H,46,47)/t29?,30?,35-/m0/s1. The van der Waals surface area contributed by atoms with E-state index in [4.69, 9.17) is 24.4 Å². The number of fused-ring (bicyclic) bond motifs is 3. The van der Waals surface area contributed by atoms with Crippen molar-refractivity contribution in [3.63, 3.8) is 0 Å². The largest absolute Gasteiger partial charge is 0.479 e. The molecule has 4 aliphatic heterocycles. The third-order valence-electron chi connectivity index (χ3n) is 10.9. The highest BCUT2D eigenvalue weighted by molar-refractivity contribution is 5.88. The molecule has 49 heavy (non-hydrogen) atoms. The van der Waals surface area contributed by atoms with Crippen LogP contribution >= 0.6 is 0 Å². The maximum absolute atomic E-state index is 12.9. The van der Waals surface area contributed by atoms with Crippen LogP contribution in [0.2, 0.25) is 0 Å². The van der Waals surface area contributed by atoms with Gasteiger partial charge in [-0.25, -0.2) is 9.78 Å². The highest BCUT2D eigenvalue weighted by Gasteiger charge is 2.39. The summed E-state index contributed by atoms with van der Waals surface area (Å²) in [5.74, 6) is 0.783. The lowest BCUT2D eigenvalue weighted by Crippen LogP contribution is -2.46. The number of morpholine rings is 1. The molecule has 2 bridgehead atoms. The molecule has 3 atom stereocenters. The van der Waals surface area contributed by atoms with Crippen LogP contribution in [0.25, 0.3) is 11.1 Å². The molecule has 1 aromatic carbocycles. The van der Waals surface area contributed by atoms with Gasteiger partial charge < -0.3 is 29.3 Å². The van der Waals surface area contributed by atoms with Crippen LogP contribution in [0.5, 0.6) is 0 Å². The lowest BCUT2D eigenvalue weighted by Gasteiger charge is -2.41. The van der Waals surface area contributed by atoms with Gasteiger partial charge in [0.15, 0.2) is 6.10 Å². The topological polar surface area (TPSA) is 104 Å². The Morgan fingerprint density at radius 1 is 0.980 bits per heavy atom. The second kappa shape index (κ2) is 12.8. The fourth-order valence-corrected chi connectivity index (χ4v) is 8.27. The molecule has 262 valence electrons. The summed E-state index contributed by atoms with van der Waals surface area (Å²) in [6.45, 7) is 19.1. The van der Waals surface area contributed by atoms with E-state index in [0.717, 1.165) is 106 Å². The van der Waals surface area contributed by atoms with Gasteiger partial charge in [0.2, 0.25) is 5.95 Å². The maximum Gasteiger partial charge on any atom is 0.337 e. The molecule has 10 nitrogen and oxygen atoms in total. The van der Waals surface area contributed by atoms with Crippen LogP contribution in [-0.4, -0.2) is 76.6 Å². The van der Waals surface area contributed by atoms with Crippen LogP contribution in [0.3, 0.4) is 0 Å². The van der Waals surface area contributed by atoms with Crippen LogP contribution < -0.4 is 14.7 Å². The van der Waals surface area contributed by atoms with Crippen LogP contribution in [0.1, 0.15) is 94.5 Å². The Bertz CT molecular complexity index is 1710. The highest BCUT2D eigenvalue weighted by Crippen LogP contribution is 2.45. The van der Waals surface area contributed by atoms with Crippen LogP contribution in [0.15, 0.2) is 30.5 Å². The Hall–Kier alpha value is -3.76. The Labute approximate surface area is 290 Å². The number of benzene rings is 1. The first-order chi connectivity index (χ1) is 23.3. The molecule has 0 saturated carbocycles. The van der Waals surface area contributed by atoms with Crippen molar-refractivity contribution in [1.82, 2.24) is 15.0 Å². The van der Waals surface area contributed by atoms with Crippen molar-refractivity contribution in [2.24, 2.45) is 5.41 Å². The lowest BCUT2D eigenvalue weighted by atomic mass is 9.81. The van der Waals surface area contributed by atoms with E-state index < -0.39 is 17.7 Å². The molecule has 4 aliphatic rings. The summed E-state index contributed by atoms with van der Waals surface area (Å²) < 4.78 is 12.1. The van der Waals surface area contributed by atoms with Crippen LogP contribution in [0.4, 0.5) is 17.5 Å². The van der Waals surface area contributed by atoms with Crippen molar-refractivity contribution >= 4 is 23.4 Å². The van der Waals surface area contributed by atoms with Crippen molar-refractivity contribution in [2.75, 3.05) is 47.5 Å². The van der Waals surface area contributed by atoms with Crippen molar-refractivity contribution in [2.45, 2.75) is 111 Å². The fourth-order valence-electron chi connectivity index (χ4n) is 8.27. The predicted octanol–water partition coefficient (Wildman–Crippen LogP) is 6.65. The number of piperidine rings is 1. The molecule has 0 aliphatic carbocycles. The van der Waals surface area contributed by atoms with Crippen LogP contribution in [0, 0.1) is 19.3 Å². The third kappa shape index (κ3) is 6.74. The molecule has 7 rings (SSSR count). The molecule has 0 amide bonds. The second-order valence-corrected chi connectivity index (χ2v) is 16.2. The summed E-state index contributed by atoms with van der Waals surface area (Å²) in [7, 11) is 0. The van der Waals surface area contributed by atoms with E-state index in [0.29, 0.717) is 23.3 Å². The maximum atomic E-state index is 12.9. The minimum absolute atomic E-state index is 0.241. The molecule has 3 aromatic rings. The molecular weight excluding hydrogens is 616 g/mol. The van der Waals surface area contributed by atoms with Crippen molar-refractivity contribution in [1.29, 1.82) is 0 Å². The molecule has 2 aromatic heterocycles. The normalized spacial score (nSPS) is 22.6. The zero-order valence-corrected chi connectivity index (χ0v) is 30.3. The van der Waals surface area contributed by atoms with Gasteiger partial charge in [-0.1, -0.05) is 32.0 Å². The number of carbonyl (C=O) groups is 1. The summed E-state index contributed by atoms with van der Waals surface area (Å²) in [6.07, 6.45) is 5.99. The molecule has 3 saturated heterocycles. The number of pyridine rings is 1. The third-order valence-corrected chi connectivity index (χ3v) is 10.9. The Balaban J connectivity index is 1.24. The SMILES string of the molecule is Cc1nc(C)c([C@H](OC(C)(C)C)C(=O)O)c(N2CCC(C)(C)CC2)c1-c1ccc2c(c1)CCN(c1nccc(N3C4CCC3COC4)n1)C2. The van der Waals surface area contributed by atoms with E-state index in [9.17, 15) is 9.90 Å². The average molecular weight is 669 g/mol. The van der Waals surface area contributed by atoms with Crippen molar-refractivity contribution < 1.29 is 19.4 Å². The first-order valence-electron chi connectivity index (χ1n) is 18.0. The first-order valence-corrected chi connectivity index (χ1v) is 18.0. The van der Waals surface area contributed by atoms with Gasteiger partial charge in [0.25, 0.3) is 0 Å². The number of nitrogens with zero attached hydrogens (tertiary/aromatic N) is 6. The minimum atomic E-state index is -1.13. The number of hydrogen-bond donors (Lipinski definition) is 1. The second-order valence-electron chi connectivity index (χ2n) is 16.2. The van der Waals surface area contributed by atoms with Crippen LogP contribution in [-0.2, 0) is 27.2 Å². The van der Waals surface area contributed by atoms with E-state index in [-0.39, 0.29) is 5.41 Å². The lowest BCUT2D eigenvalue weighted by molar-refractivity contribution is -0.160. The fraction of sp³-hybridized carbons (Fsp3) is 0.590. The van der Waals surface area contributed by atoms with Gasteiger partial charge in [-0.2, -0.15) is 4.98 Å². The number of anilines is 3. The number of aliphatic carboxylic acids is 1. The van der Waals surface area contributed by atoms with E-state index >= 15 is 0 Å². The summed E-state index contributed by atoms with van der Waals surface area (Å²) >= 11 is 0. The number of aryl methyl sites for hydroxylation is 2. The monoisotopic (exact) mass is 668 g/mol.